The molecule has 3 rings (SSSR count). The lowest BCUT2D eigenvalue weighted by molar-refractivity contribution is 0.0861. The number of hydrogen-bond acceptors (Lipinski definition) is 3. The fraction of sp³-hybridized carbons (Fsp3) is 1.00. The van der Waals surface area contributed by atoms with Crippen LogP contribution in [0.5, 0.6) is 0 Å². The Morgan fingerprint density at radius 1 is 1.09 bits per heavy atom. The molecule has 3 aliphatic rings. The highest BCUT2D eigenvalue weighted by Gasteiger charge is 2.36. The van der Waals surface area contributed by atoms with Crippen molar-refractivity contribution >= 4 is 0 Å². The molecule has 0 radical (unpaired) electrons. The third-order valence-electron chi connectivity index (χ3n) is 6.39. The van der Waals surface area contributed by atoms with E-state index in [-0.39, 0.29) is 0 Å². The van der Waals surface area contributed by atoms with Gasteiger partial charge in [-0.15, -0.1) is 0 Å². The van der Waals surface area contributed by atoms with Crippen LogP contribution in [0.1, 0.15) is 64.7 Å². The van der Waals surface area contributed by atoms with Crippen LogP contribution in [0.4, 0.5) is 0 Å². The minimum Gasteiger partial charge on any atom is -0.396 e. The van der Waals surface area contributed by atoms with Gasteiger partial charge >= 0.3 is 0 Å². The van der Waals surface area contributed by atoms with Gasteiger partial charge in [0.05, 0.1) is 0 Å². The molecule has 3 unspecified atom stereocenters. The number of piperidine rings is 1. The molecule has 0 aromatic carbocycles. The Kier molecular flexibility index (Phi) is 6.17. The van der Waals surface area contributed by atoms with E-state index in [1.807, 2.05) is 0 Å². The van der Waals surface area contributed by atoms with Crippen LogP contribution in [0.25, 0.3) is 0 Å². The summed E-state index contributed by atoms with van der Waals surface area (Å²) in [4.78, 5) is 2.76. The van der Waals surface area contributed by atoms with Crippen LogP contribution in [-0.2, 0) is 0 Å². The normalized spacial score (nSPS) is 32.5. The SMILES string of the molecule is CC(C1CC1)N1CC(CCCO)CC(NCC2CCCC2)C1. The van der Waals surface area contributed by atoms with Gasteiger partial charge in [0, 0.05) is 31.8 Å². The zero-order valence-corrected chi connectivity index (χ0v) is 14.5. The quantitative estimate of drug-likeness (QED) is 0.723. The average molecular weight is 309 g/mol. The number of hydrogen-bond donors (Lipinski definition) is 2. The molecule has 2 N–H and O–H groups in total. The summed E-state index contributed by atoms with van der Waals surface area (Å²) in [6, 6.07) is 1.45. The van der Waals surface area contributed by atoms with Gasteiger partial charge in [-0.3, -0.25) is 4.90 Å². The van der Waals surface area contributed by atoms with Gasteiger partial charge in [0.15, 0.2) is 0 Å². The molecule has 0 aromatic heterocycles. The summed E-state index contributed by atoms with van der Waals surface area (Å²) in [5.74, 6) is 2.68. The maximum absolute atomic E-state index is 9.15. The summed E-state index contributed by atoms with van der Waals surface area (Å²) in [6.07, 6.45) is 12.2. The molecule has 0 spiro atoms. The molecule has 3 heteroatoms. The predicted octanol–water partition coefficient (Wildman–Crippen LogP) is 3.03. The minimum absolute atomic E-state index is 0.356. The first-order valence-corrected chi connectivity index (χ1v) is 9.84. The molecule has 1 aliphatic heterocycles. The molecule has 2 saturated carbocycles. The largest absolute Gasteiger partial charge is 0.396 e. The summed E-state index contributed by atoms with van der Waals surface area (Å²) >= 11 is 0. The van der Waals surface area contributed by atoms with Gasteiger partial charge in [0.25, 0.3) is 0 Å². The van der Waals surface area contributed by atoms with Crippen molar-refractivity contribution in [2.24, 2.45) is 17.8 Å². The Bertz CT molecular complexity index is 325. The monoisotopic (exact) mass is 308 g/mol. The lowest BCUT2D eigenvalue weighted by Crippen LogP contribution is -2.53. The zero-order valence-electron chi connectivity index (χ0n) is 14.5. The van der Waals surface area contributed by atoms with Crippen LogP contribution in [-0.4, -0.2) is 48.3 Å². The Balaban J connectivity index is 1.50. The Hall–Kier alpha value is -0.120. The van der Waals surface area contributed by atoms with Crippen LogP contribution in [0, 0.1) is 17.8 Å². The van der Waals surface area contributed by atoms with Gasteiger partial charge in [0.2, 0.25) is 0 Å². The Labute approximate surface area is 136 Å². The van der Waals surface area contributed by atoms with Crippen molar-refractivity contribution in [3.8, 4) is 0 Å². The lowest BCUT2D eigenvalue weighted by atomic mass is 9.89. The molecule has 0 bridgehead atoms. The molecule has 1 heterocycles. The van der Waals surface area contributed by atoms with Gasteiger partial charge in [-0.25, -0.2) is 0 Å². The highest BCUT2D eigenvalue weighted by atomic mass is 16.2. The molecule has 1 saturated heterocycles. The van der Waals surface area contributed by atoms with E-state index in [2.05, 4.69) is 17.1 Å². The first-order chi connectivity index (χ1) is 10.8. The van der Waals surface area contributed by atoms with Gasteiger partial charge in [-0.2, -0.15) is 0 Å². The maximum atomic E-state index is 9.15. The van der Waals surface area contributed by atoms with Gasteiger partial charge < -0.3 is 10.4 Å². The van der Waals surface area contributed by atoms with Crippen LogP contribution in [0.15, 0.2) is 0 Å². The van der Waals surface area contributed by atoms with E-state index in [1.165, 1.54) is 71.0 Å². The zero-order chi connectivity index (χ0) is 15.4. The summed E-state index contributed by atoms with van der Waals surface area (Å²) in [5, 5.41) is 13.1. The third-order valence-corrected chi connectivity index (χ3v) is 6.39. The van der Waals surface area contributed by atoms with E-state index in [4.69, 9.17) is 5.11 Å². The number of rotatable bonds is 8. The van der Waals surface area contributed by atoms with Crippen molar-refractivity contribution < 1.29 is 5.11 Å². The van der Waals surface area contributed by atoms with Gasteiger partial charge in [0.1, 0.15) is 0 Å². The first-order valence-electron chi connectivity index (χ1n) is 9.84. The topological polar surface area (TPSA) is 35.5 Å². The van der Waals surface area contributed by atoms with E-state index in [0.29, 0.717) is 12.6 Å². The molecule has 22 heavy (non-hydrogen) atoms. The lowest BCUT2D eigenvalue weighted by Gasteiger charge is -2.42. The van der Waals surface area contributed by atoms with Gasteiger partial charge in [-0.1, -0.05) is 12.8 Å². The summed E-state index contributed by atoms with van der Waals surface area (Å²) in [6.45, 7) is 6.55. The number of nitrogens with zero attached hydrogens (tertiary/aromatic N) is 1. The average Bonchev–Trinajstić information content (AvgIpc) is 3.26. The molecule has 3 fully saturated rings. The second-order valence-electron chi connectivity index (χ2n) is 8.26. The fourth-order valence-electron chi connectivity index (χ4n) is 4.73. The highest BCUT2D eigenvalue weighted by Crippen LogP contribution is 2.37. The predicted molar refractivity (Wildman–Crippen MR) is 91.9 cm³/mol. The van der Waals surface area contributed by atoms with Crippen molar-refractivity contribution in [3.63, 3.8) is 0 Å². The van der Waals surface area contributed by atoms with Crippen molar-refractivity contribution in [1.29, 1.82) is 0 Å². The molecular formula is C19H36N2O. The van der Waals surface area contributed by atoms with E-state index in [0.717, 1.165) is 30.2 Å². The summed E-state index contributed by atoms with van der Waals surface area (Å²) in [5.41, 5.74) is 0. The fourth-order valence-corrected chi connectivity index (χ4v) is 4.73. The van der Waals surface area contributed by atoms with Crippen LogP contribution in [0.3, 0.4) is 0 Å². The van der Waals surface area contributed by atoms with E-state index < -0.39 is 0 Å². The summed E-state index contributed by atoms with van der Waals surface area (Å²) < 4.78 is 0. The molecule has 3 nitrogen and oxygen atoms in total. The molecule has 128 valence electrons. The molecule has 3 atom stereocenters. The summed E-state index contributed by atoms with van der Waals surface area (Å²) in [7, 11) is 0. The molecular weight excluding hydrogens is 272 g/mol. The van der Waals surface area contributed by atoms with Crippen molar-refractivity contribution in [1.82, 2.24) is 10.2 Å². The van der Waals surface area contributed by atoms with Crippen molar-refractivity contribution in [2.45, 2.75) is 76.8 Å². The first kappa shape index (κ1) is 16.7. The number of aliphatic hydroxyl groups is 1. The van der Waals surface area contributed by atoms with Crippen LogP contribution >= 0.6 is 0 Å². The second kappa shape index (κ2) is 8.12. The van der Waals surface area contributed by atoms with E-state index >= 15 is 0 Å². The van der Waals surface area contributed by atoms with E-state index in [9.17, 15) is 0 Å². The Morgan fingerprint density at radius 2 is 1.86 bits per heavy atom. The molecule has 0 amide bonds. The van der Waals surface area contributed by atoms with Crippen LogP contribution < -0.4 is 5.32 Å². The number of nitrogens with one attached hydrogen (secondary N) is 1. The van der Waals surface area contributed by atoms with E-state index in [1.54, 1.807) is 0 Å². The number of likely N-dealkylation sites (tertiary alicyclic amines) is 1. The van der Waals surface area contributed by atoms with Crippen molar-refractivity contribution in [2.75, 3.05) is 26.2 Å². The van der Waals surface area contributed by atoms with Crippen molar-refractivity contribution in [3.05, 3.63) is 0 Å². The van der Waals surface area contributed by atoms with Crippen LogP contribution in [0.2, 0.25) is 0 Å². The Morgan fingerprint density at radius 3 is 2.55 bits per heavy atom. The molecule has 2 aliphatic carbocycles. The maximum Gasteiger partial charge on any atom is 0.0431 e. The minimum atomic E-state index is 0.356. The highest BCUT2D eigenvalue weighted by molar-refractivity contribution is 4.92. The van der Waals surface area contributed by atoms with Gasteiger partial charge in [-0.05, 0) is 76.2 Å². The third kappa shape index (κ3) is 4.69. The number of aliphatic hydroxyl groups excluding tert-OH is 1. The standard InChI is InChI=1S/C19H36N2O/c1-15(18-8-9-18)21-13-17(7-4-10-22)11-19(14-21)20-12-16-5-2-3-6-16/h15-20,22H,2-14H2,1H3. The second-order valence-corrected chi connectivity index (χ2v) is 8.26. The molecule has 0 aromatic rings. The smallest absolute Gasteiger partial charge is 0.0431 e.